The van der Waals surface area contributed by atoms with Gasteiger partial charge in [0.05, 0.1) is 18.7 Å². The second-order valence-electron chi connectivity index (χ2n) is 7.35. The smallest absolute Gasteiger partial charge is 0.320 e. The van der Waals surface area contributed by atoms with Crippen LogP contribution >= 0.6 is 15.9 Å². The number of hydrogen-bond acceptors (Lipinski definition) is 6. The van der Waals surface area contributed by atoms with Crippen molar-refractivity contribution in [3.63, 3.8) is 0 Å². The summed E-state index contributed by atoms with van der Waals surface area (Å²) in [5, 5.41) is 10.3. The van der Waals surface area contributed by atoms with E-state index in [1.165, 1.54) is 6.08 Å². The molecular formula is C18H25BrN2O5. The third-order valence-corrected chi connectivity index (χ3v) is 4.35. The highest BCUT2D eigenvalue weighted by molar-refractivity contribution is 9.10. The lowest BCUT2D eigenvalue weighted by Crippen LogP contribution is -2.44. The fourth-order valence-corrected chi connectivity index (χ4v) is 3.07. The highest BCUT2D eigenvalue weighted by Gasteiger charge is 2.36. The first kappa shape index (κ1) is 20.7. The van der Waals surface area contributed by atoms with E-state index < -0.39 is 11.7 Å². The van der Waals surface area contributed by atoms with Crippen LogP contribution in [0.4, 0.5) is 0 Å². The van der Waals surface area contributed by atoms with Gasteiger partial charge < -0.3 is 19.2 Å². The lowest BCUT2D eigenvalue weighted by Gasteiger charge is -2.27. The van der Waals surface area contributed by atoms with Gasteiger partial charge in [0.2, 0.25) is 5.91 Å². The molecule has 1 aliphatic rings. The summed E-state index contributed by atoms with van der Waals surface area (Å²) in [7, 11) is 1.74. The first-order chi connectivity index (χ1) is 12.0. The molecule has 2 heterocycles. The van der Waals surface area contributed by atoms with Crippen LogP contribution in [0.2, 0.25) is 0 Å². The number of amides is 1. The molecular weight excluding hydrogens is 404 g/mol. The zero-order valence-electron chi connectivity index (χ0n) is 15.4. The van der Waals surface area contributed by atoms with Gasteiger partial charge in [-0.3, -0.25) is 14.5 Å². The maximum atomic E-state index is 12.3. The van der Waals surface area contributed by atoms with Crippen molar-refractivity contribution in [2.24, 2.45) is 0 Å². The Morgan fingerprint density at radius 1 is 1.42 bits per heavy atom. The van der Waals surface area contributed by atoms with Crippen LogP contribution in [0.15, 0.2) is 27.3 Å². The average molecular weight is 429 g/mol. The molecule has 8 heteroatoms. The molecule has 1 N–H and O–H groups in total. The number of likely N-dealkylation sites (tertiary alicyclic amines) is 1. The number of carbonyl (C=O) groups excluding carboxylic acids is 2. The van der Waals surface area contributed by atoms with Crippen molar-refractivity contribution in [2.45, 2.75) is 38.5 Å². The number of likely N-dealkylation sites (N-methyl/N-ethyl adjacent to an activating group) is 1. The first-order valence-electron chi connectivity index (χ1n) is 8.37. The zero-order chi connectivity index (χ0) is 19.5. The van der Waals surface area contributed by atoms with Crippen LogP contribution in [0.5, 0.6) is 0 Å². The highest BCUT2D eigenvalue weighted by atomic mass is 79.9. The van der Waals surface area contributed by atoms with Gasteiger partial charge in [-0.05, 0) is 62.0 Å². The molecule has 26 heavy (non-hydrogen) atoms. The Kier molecular flexibility index (Phi) is 6.65. The molecule has 144 valence electrons. The Balaban J connectivity index is 1.90. The molecule has 2 atom stereocenters. The molecule has 0 saturated carbocycles. The lowest BCUT2D eigenvalue weighted by molar-refractivity contribution is -0.156. The maximum absolute atomic E-state index is 12.3. The van der Waals surface area contributed by atoms with Gasteiger partial charge in [0.25, 0.3) is 0 Å². The van der Waals surface area contributed by atoms with Crippen LogP contribution < -0.4 is 0 Å². The van der Waals surface area contributed by atoms with Crippen molar-refractivity contribution in [1.29, 1.82) is 0 Å². The minimum absolute atomic E-state index is 0.0529. The second kappa shape index (κ2) is 8.37. The summed E-state index contributed by atoms with van der Waals surface area (Å²) in [6, 6.07) is 3.16. The fourth-order valence-electron chi connectivity index (χ4n) is 2.75. The molecule has 1 saturated heterocycles. The van der Waals surface area contributed by atoms with Crippen molar-refractivity contribution < 1.29 is 23.8 Å². The number of aliphatic hydroxyl groups is 1. The van der Waals surface area contributed by atoms with E-state index in [4.69, 9.17) is 9.15 Å². The summed E-state index contributed by atoms with van der Waals surface area (Å²) in [4.78, 5) is 27.5. The largest absolute Gasteiger partial charge is 0.459 e. The topological polar surface area (TPSA) is 83.2 Å². The highest BCUT2D eigenvalue weighted by Crippen LogP contribution is 2.18. The molecule has 1 fully saturated rings. The SMILES string of the molecule is CN(CC(=O)OC(C)(C)C)C1CN(C(=O)/C=C/c2ccc(Br)o2)C[C@H]1O. The normalized spacial score (nSPS) is 21.0. The number of ether oxygens (including phenoxy) is 1. The molecule has 2 rings (SSSR count). The fraction of sp³-hybridized carbons (Fsp3) is 0.556. The third kappa shape index (κ3) is 5.96. The number of furan rings is 1. The molecule has 0 radical (unpaired) electrons. The monoisotopic (exact) mass is 428 g/mol. The van der Waals surface area contributed by atoms with E-state index in [-0.39, 0.29) is 31.0 Å². The summed E-state index contributed by atoms with van der Waals surface area (Å²) in [6.07, 6.45) is 2.27. The number of hydrogen-bond donors (Lipinski definition) is 1. The molecule has 0 aliphatic carbocycles. The molecule has 1 aromatic rings. The van der Waals surface area contributed by atoms with Gasteiger partial charge in [-0.1, -0.05) is 0 Å². The van der Waals surface area contributed by atoms with Gasteiger partial charge in [0, 0.05) is 19.2 Å². The molecule has 1 aliphatic heterocycles. The molecule has 7 nitrogen and oxygen atoms in total. The summed E-state index contributed by atoms with van der Waals surface area (Å²) < 4.78 is 11.2. The lowest BCUT2D eigenvalue weighted by atomic mass is 10.2. The van der Waals surface area contributed by atoms with E-state index in [1.807, 2.05) is 0 Å². The Morgan fingerprint density at radius 3 is 2.69 bits per heavy atom. The van der Waals surface area contributed by atoms with E-state index in [0.717, 1.165) is 0 Å². The standard InChI is InChI=1S/C18H25BrN2O5/c1-18(2,3)26-17(24)11-20(4)13-9-21(10-14(13)22)16(23)8-6-12-5-7-15(19)25-12/h5-8,13-14,22H,9-11H2,1-4H3/b8-6+/t13?,14-/m1/s1. The third-order valence-electron chi connectivity index (χ3n) is 3.92. The first-order valence-corrected chi connectivity index (χ1v) is 9.17. The minimum Gasteiger partial charge on any atom is -0.459 e. The van der Waals surface area contributed by atoms with Crippen molar-refractivity contribution in [2.75, 3.05) is 26.7 Å². The molecule has 0 spiro atoms. The number of nitrogens with zero attached hydrogens (tertiary/aromatic N) is 2. The van der Waals surface area contributed by atoms with Crippen molar-refractivity contribution in [3.05, 3.63) is 28.6 Å². The van der Waals surface area contributed by atoms with Gasteiger partial charge in [0.1, 0.15) is 11.4 Å². The van der Waals surface area contributed by atoms with Crippen LogP contribution in [0.1, 0.15) is 26.5 Å². The van der Waals surface area contributed by atoms with Crippen LogP contribution in [-0.2, 0) is 14.3 Å². The van der Waals surface area contributed by atoms with Gasteiger partial charge in [-0.2, -0.15) is 0 Å². The predicted octanol–water partition coefficient (Wildman–Crippen LogP) is 1.90. The average Bonchev–Trinajstić information content (AvgIpc) is 3.08. The van der Waals surface area contributed by atoms with Gasteiger partial charge in [-0.25, -0.2) is 0 Å². The van der Waals surface area contributed by atoms with Gasteiger partial charge in [0.15, 0.2) is 4.67 Å². The zero-order valence-corrected chi connectivity index (χ0v) is 17.0. The molecule has 1 unspecified atom stereocenters. The Labute approximate surface area is 161 Å². The number of rotatable bonds is 5. The molecule has 0 aromatic carbocycles. The van der Waals surface area contributed by atoms with E-state index in [1.54, 1.807) is 55.8 Å². The summed E-state index contributed by atoms with van der Waals surface area (Å²) >= 11 is 3.20. The summed E-state index contributed by atoms with van der Waals surface area (Å²) in [6.45, 7) is 6.02. The van der Waals surface area contributed by atoms with E-state index in [9.17, 15) is 14.7 Å². The Morgan fingerprint density at radius 2 is 2.12 bits per heavy atom. The number of β-amino-alcohol motifs (C(OH)–C–C–N with tert-alkyl or cyclic N) is 1. The number of carbonyl (C=O) groups is 2. The van der Waals surface area contributed by atoms with E-state index in [2.05, 4.69) is 15.9 Å². The maximum Gasteiger partial charge on any atom is 0.320 e. The minimum atomic E-state index is -0.724. The van der Waals surface area contributed by atoms with Crippen LogP contribution in [0.25, 0.3) is 6.08 Å². The number of halogens is 1. The molecule has 1 amide bonds. The summed E-state index contributed by atoms with van der Waals surface area (Å²) in [5.41, 5.74) is -0.556. The predicted molar refractivity (Wildman–Crippen MR) is 100 cm³/mol. The van der Waals surface area contributed by atoms with Crippen molar-refractivity contribution in [3.8, 4) is 0 Å². The quantitative estimate of drug-likeness (QED) is 0.569. The molecule has 1 aromatic heterocycles. The number of esters is 1. The van der Waals surface area contributed by atoms with Gasteiger partial charge in [-0.15, -0.1) is 0 Å². The van der Waals surface area contributed by atoms with Crippen LogP contribution in [0.3, 0.4) is 0 Å². The second-order valence-corrected chi connectivity index (χ2v) is 8.14. The van der Waals surface area contributed by atoms with Crippen molar-refractivity contribution >= 4 is 33.9 Å². The summed E-state index contributed by atoms with van der Waals surface area (Å²) in [5.74, 6) is -0.0198. The van der Waals surface area contributed by atoms with E-state index in [0.29, 0.717) is 17.0 Å². The van der Waals surface area contributed by atoms with Crippen molar-refractivity contribution in [1.82, 2.24) is 9.80 Å². The van der Waals surface area contributed by atoms with Crippen LogP contribution in [-0.4, -0.2) is 71.2 Å². The van der Waals surface area contributed by atoms with Crippen LogP contribution in [0, 0.1) is 0 Å². The van der Waals surface area contributed by atoms with Gasteiger partial charge >= 0.3 is 5.97 Å². The Bertz CT molecular complexity index is 679. The van der Waals surface area contributed by atoms with E-state index >= 15 is 0 Å². The Hall–Kier alpha value is -1.64. The number of aliphatic hydroxyl groups excluding tert-OH is 1. The molecule has 0 bridgehead atoms.